The summed E-state index contributed by atoms with van der Waals surface area (Å²) in [6.07, 6.45) is 0. The second kappa shape index (κ2) is 4.23. The molecule has 0 aromatic heterocycles. The Morgan fingerprint density at radius 3 is 1.14 bits per heavy atom. The zero-order valence-corrected chi connectivity index (χ0v) is 14.3. The summed E-state index contributed by atoms with van der Waals surface area (Å²) < 4.78 is 0. The Hall–Kier alpha value is -2.08. The third-order valence-electron chi connectivity index (χ3n) is 5.76. The molecule has 0 heterocycles. The molecule has 0 bridgehead atoms. The van der Waals surface area contributed by atoms with Crippen LogP contribution in [0.25, 0.3) is 32.3 Å². The van der Waals surface area contributed by atoms with Gasteiger partial charge in [-0.3, -0.25) is 0 Å². The highest BCUT2D eigenvalue weighted by molar-refractivity contribution is 6.27. The van der Waals surface area contributed by atoms with Crippen LogP contribution in [0.2, 0.25) is 0 Å². The van der Waals surface area contributed by atoms with Gasteiger partial charge in [0.2, 0.25) is 0 Å². The van der Waals surface area contributed by atoms with Gasteiger partial charge in [-0.2, -0.15) is 0 Å². The maximum Gasteiger partial charge on any atom is -0.00183 e. The molecule has 0 fully saturated rings. The highest BCUT2D eigenvalue weighted by Gasteiger charge is 2.19. The third kappa shape index (κ3) is 1.43. The Morgan fingerprint density at radius 1 is 0.409 bits per heavy atom. The smallest absolute Gasteiger partial charge is 0.00183 e. The van der Waals surface area contributed by atoms with Gasteiger partial charge in [-0.05, 0) is 107 Å². The topological polar surface area (TPSA) is 0 Å². The molecule has 0 saturated heterocycles. The summed E-state index contributed by atoms with van der Waals surface area (Å²) >= 11 is 0. The molecule has 4 aromatic carbocycles. The van der Waals surface area contributed by atoms with Gasteiger partial charge in [-0.15, -0.1) is 0 Å². The van der Waals surface area contributed by atoms with Gasteiger partial charge >= 0.3 is 0 Å². The van der Waals surface area contributed by atoms with E-state index in [4.69, 9.17) is 0 Å². The first-order chi connectivity index (χ1) is 10.4. The first-order valence-corrected chi connectivity index (χ1v) is 8.07. The molecule has 22 heavy (non-hydrogen) atoms. The molecule has 0 unspecified atom stereocenters. The van der Waals surface area contributed by atoms with Crippen LogP contribution in [0, 0.1) is 41.5 Å². The highest BCUT2D eigenvalue weighted by atomic mass is 14.2. The van der Waals surface area contributed by atoms with Gasteiger partial charge in [-0.1, -0.05) is 24.3 Å². The van der Waals surface area contributed by atoms with Crippen molar-refractivity contribution in [3.8, 4) is 0 Å². The van der Waals surface area contributed by atoms with E-state index in [1.807, 2.05) is 0 Å². The number of rotatable bonds is 0. The van der Waals surface area contributed by atoms with Crippen LogP contribution in [0.5, 0.6) is 0 Å². The fraction of sp³-hybridized carbons (Fsp3) is 0.273. The summed E-state index contributed by atoms with van der Waals surface area (Å²) in [5.74, 6) is 0. The third-order valence-corrected chi connectivity index (χ3v) is 5.76. The van der Waals surface area contributed by atoms with Crippen molar-refractivity contribution < 1.29 is 0 Å². The van der Waals surface area contributed by atoms with Crippen molar-refractivity contribution in [1.82, 2.24) is 0 Å². The molecule has 0 spiro atoms. The lowest BCUT2D eigenvalue weighted by Crippen LogP contribution is -1.98. The van der Waals surface area contributed by atoms with Crippen molar-refractivity contribution in [3.63, 3.8) is 0 Å². The Kier molecular flexibility index (Phi) is 2.61. The van der Waals surface area contributed by atoms with Crippen LogP contribution in [0.3, 0.4) is 0 Å². The van der Waals surface area contributed by atoms with E-state index >= 15 is 0 Å². The molecule has 0 radical (unpaired) electrons. The van der Waals surface area contributed by atoms with E-state index in [-0.39, 0.29) is 0 Å². The molecule has 0 atom stereocenters. The molecule has 0 aliphatic heterocycles. The molecule has 0 N–H and O–H groups in total. The predicted molar refractivity (Wildman–Crippen MR) is 98.6 cm³/mol. The second-order valence-corrected chi connectivity index (χ2v) is 6.86. The van der Waals surface area contributed by atoms with Crippen molar-refractivity contribution in [2.75, 3.05) is 0 Å². The average Bonchev–Trinajstić information content (AvgIpc) is 2.49. The lowest BCUT2D eigenvalue weighted by Gasteiger charge is -2.22. The number of hydrogen-bond acceptors (Lipinski definition) is 0. The summed E-state index contributed by atoms with van der Waals surface area (Å²) in [6.45, 7) is 13.6. The normalized spacial score (nSPS) is 12.1. The van der Waals surface area contributed by atoms with Crippen molar-refractivity contribution in [2.45, 2.75) is 41.5 Å². The summed E-state index contributed by atoms with van der Waals surface area (Å²) in [5, 5.41) is 8.70. The van der Waals surface area contributed by atoms with E-state index in [0.29, 0.717) is 0 Å². The Balaban J connectivity index is 2.56. The van der Waals surface area contributed by atoms with Gasteiger partial charge in [0.15, 0.2) is 0 Å². The van der Waals surface area contributed by atoms with Crippen LogP contribution in [0.1, 0.15) is 33.4 Å². The first-order valence-electron chi connectivity index (χ1n) is 8.07. The summed E-state index contributed by atoms with van der Waals surface area (Å²) in [5.41, 5.74) is 8.50. The van der Waals surface area contributed by atoms with Gasteiger partial charge < -0.3 is 0 Å². The Labute approximate surface area is 132 Å². The van der Waals surface area contributed by atoms with E-state index in [9.17, 15) is 0 Å². The maximum absolute atomic E-state index is 2.32. The van der Waals surface area contributed by atoms with Gasteiger partial charge in [0.25, 0.3) is 0 Å². The van der Waals surface area contributed by atoms with Crippen molar-refractivity contribution in [2.24, 2.45) is 0 Å². The fourth-order valence-electron chi connectivity index (χ4n) is 4.30. The average molecular weight is 286 g/mol. The molecule has 0 nitrogen and oxygen atoms in total. The van der Waals surface area contributed by atoms with E-state index in [1.165, 1.54) is 65.7 Å². The van der Waals surface area contributed by atoms with Crippen LogP contribution < -0.4 is 0 Å². The van der Waals surface area contributed by atoms with Gasteiger partial charge in [0.1, 0.15) is 0 Å². The SMILES string of the molecule is Cc1c(C)c2ccc(C)c3c(C)c(C)c4c(C)ccc1c4c23. The highest BCUT2D eigenvalue weighted by Crippen LogP contribution is 2.43. The molecular formula is C22H22. The quantitative estimate of drug-likeness (QED) is 0.326. The number of hydrogen-bond donors (Lipinski definition) is 0. The van der Waals surface area contributed by atoms with Gasteiger partial charge in [0, 0.05) is 0 Å². The predicted octanol–water partition coefficient (Wildman–Crippen LogP) is 6.43. The Bertz CT molecular complexity index is 978. The largest absolute Gasteiger partial charge is 0.0581 e. The molecule has 4 rings (SSSR count). The standard InChI is InChI=1S/C22H22/c1-11-7-9-17-13(3)14(4)18-10-8-12(2)20-16(6)15(5)19(11)21(17)22(18)20/h7-10H,1-6H3. The summed E-state index contributed by atoms with van der Waals surface area (Å²) in [4.78, 5) is 0. The lowest BCUT2D eigenvalue weighted by molar-refractivity contribution is 1.36. The molecule has 0 aliphatic rings. The van der Waals surface area contributed by atoms with E-state index in [1.54, 1.807) is 0 Å². The van der Waals surface area contributed by atoms with Crippen LogP contribution in [0.4, 0.5) is 0 Å². The molecule has 110 valence electrons. The number of aryl methyl sites for hydroxylation is 6. The van der Waals surface area contributed by atoms with Gasteiger partial charge in [0.05, 0.1) is 0 Å². The Morgan fingerprint density at radius 2 is 0.773 bits per heavy atom. The summed E-state index contributed by atoms with van der Waals surface area (Å²) in [7, 11) is 0. The molecule has 0 amide bonds. The minimum absolute atomic E-state index is 1.39. The van der Waals surface area contributed by atoms with Crippen LogP contribution in [0.15, 0.2) is 24.3 Å². The molecular weight excluding hydrogens is 264 g/mol. The van der Waals surface area contributed by atoms with Crippen LogP contribution in [-0.4, -0.2) is 0 Å². The monoisotopic (exact) mass is 286 g/mol. The van der Waals surface area contributed by atoms with Gasteiger partial charge in [-0.25, -0.2) is 0 Å². The van der Waals surface area contributed by atoms with Crippen molar-refractivity contribution in [3.05, 3.63) is 57.6 Å². The van der Waals surface area contributed by atoms with Crippen molar-refractivity contribution in [1.29, 1.82) is 0 Å². The van der Waals surface area contributed by atoms with E-state index in [2.05, 4.69) is 65.8 Å². The van der Waals surface area contributed by atoms with Crippen LogP contribution in [-0.2, 0) is 0 Å². The zero-order valence-electron chi connectivity index (χ0n) is 14.3. The van der Waals surface area contributed by atoms with E-state index < -0.39 is 0 Å². The zero-order chi connectivity index (χ0) is 15.8. The first kappa shape index (κ1) is 13.6. The van der Waals surface area contributed by atoms with E-state index in [0.717, 1.165) is 0 Å². The van der Waals surface area contributed by atoms with Crippen LogP contribution >= 0.6 is 0 Å². The lowest BCUT2D eigenvalue weighted by atomic mass is 9.82. The fourth-order valence-corrected chi connectivity index (χ4v) is 4.30. The molecule has 0 heteroatoms. The maximum atomic E-state index is 2.32. The molecule has 4 aromatic rings. The molecule has 0 saturated carbocycles. The second-order valence-electron chi connectivity index (χ2n) is 6.86. The minimum atomic E-state index is 1.39. The van der Waals surface area contributed by atoms with Crippen molar-refractivity contribution >= 4 is 32.3 Å². The number of benzene rings is 4. The molecule has 0 aliphatic carbocycles. The minimum Gasteiger partial charge on any atom is -0.0581 e. The summed E-state index contributed by atoms with van der Waals surface area (Å²) in [6, 6.07) is 9.20.